The Labute approximate surface area is 119 Å². The molecule has 0 spiro atoms. The molecule has 102 valence electrons. The fourth-order valence-corrected chi connectivity index (χ4v) is 2.37. The standard InChI is InChI=1S/C15H20N2OS/c1-15(18,12-19-2)11-17-9-3-4-13-5-7-14(10-16)8-6-13/h3-8,17-18H,9,11-12H2,1-2H3/b4-3+. The molecule has 1 unspecified atom stereocenters. The minimum atomic E-state index is -0.665. The van der Waals surface area contributed by atoms with Gasteiger partial charge in [0.1, 0.15) is 0 Å². The first-order chi connectivity index (χ1) is 9.07. The van der Waals surface area contributed by atoms with Gasteiger partial charge in [-0.1, -0.05) is 24.3 Å². The van der Waals surface area contributed by atoms with E-state index in [1.807, 2.05) is 37.5 Å². The van der Waals surface area contributed by atoms with Gasteiger partial charge in [0, 0.05) is 18.8 Å². The Morgan fingerprint density at radius 1 is 1.42 bits per heavy atom. The van der Waals surface area contributed by atoms with Crippen LogP contribution in [0, 0.1) is 11.3 Å². The molecule has 0 aliphatic carbocycles. The SMILES string of the molecule is CSCC(C)(O)CNC/C=C/c1ccc(C#N)cc1. The Morgan fingerprint density at radius 3 is 2.68 bits per heavy atom. The maximum Gasteiger partial charge on any atom is 0.0991 e. The molecule has 0 bridgehead atoms. The van der Waals surface area contributed by atoms with E-state index in [0.29, 0.717) is 18.7 Å². The van der Waals surface area contributed by atoms with Gasteiger partial charge in [0.15, 0.2) is 0 Å². The fourth-order valence-electron chi connectivity index (χ4n) is 1.65. The third-order valence-electron chi connectivity index (χ3n) is 2.57. The Morgan fingerprint density at radius 2 is 2.11 bits per heavy atom. The average Bonchev–Trinajstić information content (AvgIpc) is 2.39. The predicted octanol–water partition coefficient (Wildman–Crippen LogP) is 2.28. The van der Waals surface area contributed by atoms with Crippen molar-refractivity contribution in [2.24, 2.45) is 0 Å². The molecule has 0 radical (unpaired) electrons. The first-order valence-electron chi connectivity index (χ1n) is 6.16. The molecule has 0 aromatic heterocycles. The van der Waals surface area contributed by atoms with E-state index in [2.05, 4.69) is 11.4 Å². The number of rotatable bonds is 7. The zero-order valence-electron chi connectivity index (χ0n) is 11.4. The van der Waals surface area contributed by atoms with Gasteiger partial charge in [-0.05, 0) is 30.9 Å². The Bertz CT molecular complexity index is 446. The summed E-state index contributed by atoms with van der Waals surface area (Å²) in [6, 6.07) is 9.53. The molecule has 19 heavy (non-hydrogen) atoms. The molecule has 0 heterocycles. The minimum absolute atomic E-state index is 0.575. The van der Waals surface area contributed by atoms with Gasteiger partial charge in [-0.3, -0.25) is 0 Å². The van der Waals surface area contributed by atoms with E-state index in [0.717, 1.165) is 11.3 Å². The highest BCUT2D eigenvalue weighted by Gasteiger charge is 2.17. The lowest BCUT2D eigenvalue weighted by Gasteiger charge is -2.22. The van der Waals surface area contributed by atoms with Gasteiger partial charge in [0.05, 0.1) is 17.2 Å². The van der Waals surface area contributed by atoms with Crippen LogP contribution in [-0.2, 0) is 0 Å². The second kappa shape index (κ2) is 8.00. The number of hydrogen-bond acceptors (Lipinski definition) is 4. The molecule has 1 atom stereocenters. The van der Waals surface area contributed by atoms with Gasteiger partial charge in [-0.25, -0.2) is 0 Å². The van der Waals surface area contributed by atoms with Crippen molar-refractivity contribution in [3.63, 3.8) is 0 Å². The summed E-state index contributed by atoms with van der Waals surface area (Å²) in [4.78, 5) is 0. The molecule has 1 aromatic carbocycles. The molecule has 0 aliphatic heterocycles. The highest BCUT2D eigenvalue weighted by atomic mass is 32.2. The van der Waals surface area contributed by atoms with Crippen LogP contribution in [-0.4, -0.2) is 35.8 Å². The van der Waals surface area contributed by atoms with Gasteiger partial charge < -0.3 is 10.4 Å². The van der Waals surface area contributed by atoms with Crippen molar-refractivity contribution in [3.05, 3.63) is 41.5 Å². The molecule has 4 heteroatoms. The van der Waals surface area contributed by atoms with Crippen LogP contribution >= 0.6 is 11.8 Å². The highest BCUT2D eigenvalue weighted by Crippen LogP contribution is 2.09. The van der Waals surface area contributed by atoms with Gasteiger partial charge >= 0.3 is 0 Å². The van der Waals surface area contributed by atoms with Crippen LogP contribution in [0.1, 0.15) is 18.1 Å². The zero-order chi connectivity index (χ0) is 14.1. The second-order valence-corrected chi connectivity index (χ2v) is 5.56. The van der Waals surface area contributed by atoms with Crippen molar-refractivity contribution >= 4 is 17.8 Å². The molecule has 0 saturated carbocycles. The molecule has 1 rings (SSSR count). The third-order valence-corrected chi connectivity index (χ3v) is 3.48. The van der Waals surface area contributed by atoms with Gasteiger partial charge in [-0.15, -0.1) is 0 Å². The predicted molar refractivity (Wildman–Crippen MR) is 82.1 cm³/mol. The van der Waals surface area contributed by atoms with Crippen LogP contribution in [0.4, 0.5) is 0 Å². The number of nitrogens with one attached hydrogen (secondary N) is 1. The van der Waals surface area contributed by atoms with Crippen LogP contribution in [0.3, 0.4) is 0 Å². The van der Waals surface area contributed by atoms with Crippen LogP contribution < -0.4 is 5.32 Å². The van der Waals surface area contributed by atoms with Crippen molar-refractivity contribution in [2.45, 2.75) is 12.5 Å². The lowest BCUT2D eigenvalue weighted by atomic mass is 10.1. The van der Waals surface area contributed by atoms with E-state index in [-0.39, 0.29) is 0 Å². The van der Waals surface area contributed by atoms with E-state index < -0.39 is 5.60 Å². The number of hydrogen-bond donors (Lipinski definition) is 2. The van der Waals surface area contributed by atoms with E-state index in [9.17, 15) is 5.11 Å². The van der Waals surface area contributed by atoms with E-state index in [4.69, 9.17) is 5.26 Å². The minimum Gasteiger partial charge on any atom is -0.388 e. The quantitative estimate of drug-likeness (QED) is 0.750. The van der Waals surface area contributed by atoms with Gasteiger partial charge in [-0.2, -0.15) is 17.0 Å². The van der Waals surface area contributed by atoms with E-state index in [1.54, 1.807) is 23.9 Å². The molecule has 0 saturated heterocycles. The summed E-state index contributed by atoms with van der Waals surface area (Å²) in [5.74, 6) is 0.722. The number of nitriles is 1. The van der Waals surface area contributed by atoms with Crippen molar-refractivity contribution < 1.29 is 5.11 Å². The topological polar surface area (TPSA) is 56.0 Å². The molecule has 1 aromatic rings. The van der Waals surface area contributed by atoms with Crippen molar-refractivity contribution in [3.8, 4) is 6.07 Å². The maximum atomic E-state index is 9.95. The summed E-state index contributed by atoms with van der Waals surface area (Å²) in [6.07, 6.45) is 5.99. The number of benzene rings is 1. The number of nitrogens with zero attached hydrogens (tertiary/aromatic N) is 1. The number of thioether (sulfide) groups is 1. The molecular formula is C15H20N2OS. The molecule has 0 fully saturated rings. The van der Waals surface area contributed by atoms with Crippen molar-refractivity contribution in [2.75, 3.05) is 25.1 Å². The lowest BCUT2D eigenvalue weighted by molar-refractivity contribution is 0.0861. The van der Waals surface area contributed by atoms with Crippen LogP contribution in [0.25, 0.3) is 6.08 Å². The summed E-state index contributed by atoms with van der Waals surface area (Å²) in [7, 11) is 0. The Balaban J connectivity index is 2.32. The van der Waals surface area contributed by atoms with Crippen molar-refractivity contribution in [1.82, 2.24) is 5.32 Å². The van der Waals surface area contributed by atoms with Crippen LogP contribution in [0.2, 0.25) is 0 Å². The molecule has 3 nitrogen and oxygen atoms in total. The van der Waals surface area contributed by atoms with E-state index in [1.165, 1.54) is 0 Å². The van der Waals surface area contributed by atoms with Crippen LogP contribution in [0.15, 0.2) is 30.3 Å². The van der Waals surface area contributed by atoms with Crippen molar-refractivity contribution in [1.29, 1.82) is 5.26 Å². The van der Waals surface area contributed by atoms with Crippen LogP contribution in [0.5, 0.6) is 0 Å². The van der Waals surface area contributed by atoms with Gasteiger partial charge in [0.25, 0.3) is 0 Å². The molecular weight excluding hydrogens is 256 g/mol. The monoisotopic (exact) mass is 276 g/mol. The smallest absolute Gasteiger partial charge is 0.0991 e. The summed E-state index contributed by atoms with van der Waals surface area (Å²) in [5, 5.41) is 21.8. The van der Waals surface area contributed by atoms with E-state index >= 15 is 0 Å². The Hall–Kier alpha value is -1.28. The first kappa shape index (κ1) is 15.8. The average molecular weight is 276 g/mol. The normalized spacial score (nSPS) is 14.2. The largest absolute Gasteiger partial charge is 0.388 e. The first-order valence-corrected chi connectivity index (χ1v) is 7.55. The fraction of sp³-hybridized carbons (Fsp3) is 0.400. The number of aliphatic hydroxyl groups is 1. The Kier molecular flexibility index (Phi) is 6.65. The molecule has 0 amide bonds. The molecule has 2 N–H and O–H groups in total. The lowest BCUT2D eigenvalue weighted by Crippen LogP contribution is -2.40. The summed E-state index contributed by atoms with van der Waals surface area (Å²) >= 11 is 1.64. The summed E-state index contributed by atoms with van der Waals surface area (Å²) < 4.78 is 0. The molecule has 0 aliphatic rings. The third kappa shape index (κ3) is 6.44. The summed E-state index contributed by atoms with van der Waals surface area (Å²) in [5.41, 5.74) is 1.07. The van der Waals surface area contributed by atoms with Gasteiger partial charge in [0.2, 0.25) is 0 Å². The second-order valence-electron chi connectivity index (χ2n) is 4.70. The summed E-state index contributed by atoms with van der Waals surface area (Å²) in [6.45, 7) is 3.12. The zero-order valence-corrected chi connectivity index (χ0v) is 12.2. The highest BCUT2D eigenvalue weighted by molar-refractivity contribution is 7.98. The maximum absolute atomic E-state index is 9.95.